The molecule has 0 aromatic heterocycles. The van der Waals surface area contributed by atoms with Crippen LogP contribution in [-0.2, 0) is 10.0 Å². The SMILES string of the molecule is NC(CCNS(=O)(=O)C1CCCCC1)=NO. The monoisotopic (exact) mass is 249 g/mol. The van der Waals surface area contributed by atoms with Gasteiger partial charge in [-0.3, -0.25) is 0 Å². The smallest absolute Gasteiger partial charge is 0.214 e. The van der Waals surface area contributed by atoms with Crippen molar-refractivity contribution in [3.8, 4) is 0 Å². The molecule has 1 aliphatic rings. The molecule has 0 radical (unpaired) electrons. The molecule has 0 saturated heterocycles. The summed E-state index contributed by atoms with van der Waals surface area (Å²) in [6.07, 6.45) is 4.77. The molecule has 6 nitrogen and oxygen atoms in total. The number of oxime groups is 1. The highest BCUT2D eigenvalue weighted by Gasteiger charge is 2.26. The molecular formula is C9H19N3O3S. The molecule has 16 heavy (non-hydrogen) atoms. The summed E-state index contributed by atoms with van der Waals surface area (Å²) in [5, 5.41) is 10.8. The third-order valence-corrected chi connectivity index (χ3v) is 4.76. The molecule has 0 amide bonds. The van der Waals surface area contributed by atoms with Gasteiger partial charge >= 0.3 is 0 Å². The quantitative estimate of drug-likeness (QED) is 0.283. The normalized spacial score (nSPS) is 19.9. The number of hydrogen-bond donors (Lipinski definition) is 3. The second kappa shape index (κ2) is 6.05. The van der Waals surface area contributed by atoms with Crippen LogP contribution in [-0.4, -0.2) is 31.3 Å². The summed E-state index contributed by atoms with van der Waals surface area (Å²) in [4.78, 5) is 0. The molecule has 0 bridgehead atoms. The molecular weight excluding hydrogens is 230 g/mol. The van der Waals surface area contributed by atoms with Gasteiger partial charge in [-0.2, -0.15) is 0 Å². The summed E-state index contributed by atoms with van der Waals surface area (Å²) in [5.74, 6) is 0.0337. The molecule has 0 aliphatic heterocycles. The largest absolute Gasteiger partial charge is 0.409 e. The number of nitrogens with zero attached hydrogens (tertiary/aromatic N) is 1. The predicted octanol–water partition coefficient (Wildman–Crippen LogP) is 0.375. The lowest BCUT2D eigenvalue weighted by Gasteiger charge is -2.21. The maximum absolute atomic E-state index is 11.8. The lowest BCUT2D eigenvalue weighted by molar-refractivity contribution is 0.317. The van der Waals surface area contributed by atoms with Gasteiger partial charge in [0, 0.05) is 13.0 Å². The summed E-state index contributed by atoms with van der Waals surface area (Å²) in [6, 6.07) is 0. The van der Waals surface area contributed by atoms with E-state index < -0.39 is 10.0 Å². The van der Waals surface area contributed by atoms with Gasteiger partial charge in [0.2, 0.25) is 10.0 Å². The Kier molecular flexibility index (Phi) is 5.01. The fraction of sp³-hybridized carbons (Fsp3) is 0.889. The second-order valence-electron chi connectivity index (χ2n) is 4.04. The van der Waals surface area contributed by atoms with E-state index in [1.807, 2.05) is 0 Å². The Morgan fingerprint density at radius 3 is 2.56 bits per heavy atom. The van der Waals surface area contributed by atoms with E-state index in [0.717, 1.165) is 32.1 Å². The van der Waals surface area contributed by atoms with Crippen molar-refractivity contribution in [3.05, 3.63) is 0 Å². The second-order valence-corrected chi connectivity index (χ2v) is 6.09. The van der Waals surface area contributed by atoms with Gasteiger partial charge in [0.15, 0.2) is 0 Å². The summed E-state index contributed by atoms with van der Waals surface area (Å²) in [6.45, 7) is 0.189. The van der Waals surface area contributed by atoms with Crippen LogP contribution >= 0.6 is 0 Å². The van der Waals surface area contributed by atoms with Crippen molar-refractivity contribution in [2.75, 3.05) is 6.54 Å². The Labute approximate surface area is 95.9 Å². The third-order valence-electron chi connectivity index (χ3n) is 2.80. The van der Waals surface area contributed by atoms with Gasteiger partial charge in [-0.25, -0.2) is 13.1 Å². The number of rotatable bonds is 5. The molecule has 0 heterocycles. The van der Waals surface area contributed by atoms with Crippen molar-refractivity contribution in [3.63, 3.8) is 0 Å². The Morgan fingerprint density at radius 1 is 1.38 bits per heavy atom. The first-order chi connectivity index (χ1) is 7.56. The van der Waals surface area contributed by atoms with Crippen LogP contribution in [0.3, 0.4) is 0 Å². The zero-order chi connectivity index (χ0) is 12.0. The van der Waals surface area contributed by atoms with E-state index in [-0.39, 0.29) is 24.1 Å². The van der Waals surface area contributed by atoms with Crippen molar-refractivity contribution in [2.24, 2.45) is 10.9 Å². The highest BCUT2D eigenvalue weighted by Crippen LogP contribution is 2.22. The van der Waals surface area contributed by atoms with Crippen LogP contribution in [0.4, 0.5) is 0 Å². The number of hydrogen-bond acceptors (Lipinski definition) is 4. The zero-order valence-electron chi connectivity index (χ0n) is 9.22. The average Bonchev–Trinajstić information content (AvgIpc) is 2.30. The maximum Gasteiger partial charge on any atom is 0.214 e. The molecule has 4 N–H and O–H groups in total. The van der Waals surface area contributed by atoms with Gasteiger partial charge in [0.1, 0.15) is 5.84 Å². The van der Waals surface area contributed by atoms with E-state index in [4.69, 9.17) is 10.9 Å². The fourth-order valence-corrected chi connectivity index (χ4v) is 3.44. The molecule has 0 atom stereocenters. The van der Waals surface area contributed by atoms with Crippen molar-refractivity contribution >= 4 is 15.9 Å². The molecule has 0 aromatic carbocycles. The highest BCUT2D eigenvalue weighted by molar-refractivity contribution is 7.90. The Hall–Kier alpha value is -0.820. The lowest BCUT2D eigenvalue weighted by atomic mass is 10.0. The van der Waals surface area contributed by atoms with Crippen LogP contribution in [0.2, 0.25) is 0 Å². The van der Waals surface area contributed by atoms with Crippen LogP contribution in [0.15, 0.2) is 5.16 Å². The topological polar surface area (TPSA) is 105 Å². The highest BCUT2D eigenvalue weighted by atomic mass is 32.2. The average molecular weight is 249 g/mol. The minimum Gasteiger partial charge on any atom is -0.409 e. The standard InChI is InChI=1S/C9H19N3O3S/c10-9(12-13)6-7-11-16(14,15)8-4-2-1-3-5-8/h8,11,13H,1-7H2,(H2,10,12). The molecule has 94 valence electrons. The third kappa shape index (κ3) is 3.97. The molecule has 7 heteroatoms. The first kappa shape index (κ1) is 13.2. The predicted molar refractivity (Wildman–Crippen MR) is 61.8 cm³/mol. The van der Waals surface area contributed by atoms with Gasteiger partial charge < -0.3 is 10.9 Å². The first-order valence-corrected chi connectivity index (χ1v) is 7.06. The number of nitrogens with two attached hydrogens (primary N) is 1. The molecule has 1 aliphatic carbocycles. The van der Waals surface area contributed by atoms with E-state index in [9.17, 15) is 8.42 Å². The Balaban J connectivity index is 2.39. The molecule has 0 aromatic rings. The van der Waals surface area contributed by atoms with Crippen molar-refractivity contribution in [2.45, 2.75) is 43.8 Å². The minimum atomic E-state index is -3.23. The van der Waals surface area contributed by atoms with E-state index >= 15 is 0 Å². The summed E-state index contributed by atoms with van der Waals surface area (Å²) in [7, 11) is -3.23. The minimum absolute atomic E-state index is 0.0337. The van der Waals surface area contributed by atoms with Crippen molar-refractivity contribution in [1.82, 2.24) is 4.72 Å². The first-order valence-electron chi connectivity index (χ1n) is 5.51. The van der Waals surface area contributed by atoms with Gasteiger partial charge in [0.05, 0.1) is 5.25 Å². The van der Waals surface area contributed by atoms with E-state index in [2.05, 4.69) is 9.88 Å². The number of amidine groups is 1. The van der Waals surface area contributed by atoms with Gasteiger partial charge in [-0.05, 0) is 12.8 Å². The lowest BCUT2D eigenvalue weighted by Crippen LogP contribution is -2.37. The number of nitrogens with one attached hydrogen (secondary N) is 1. The van der Waals surface area contributed by atoms with Gasteiger partial charge in [-0.1, -0.05) is 24.4 Å². The van der Waals surface area contributed by atoms with Crippen molar-refractivity contribution in [1.29, 1.82) is 0 Å². The van der Waals surface area contributed by atoms with E-state index in [0.29, 0.717) is 0 Å². The number of sulfonamides is 1. The summed E-state index contributed by atoms with van der Waals surface area (Å²) < 4.78 is 26.1. The van der Waals surface area contributed by atoms with Crippen LogP contribution in [0, 0.1) is 0 Å². The molecule has 0 unspecified atom stereocenters. The van der Waals surface area contributed by atoms with Crippen LogP contribution < -0.4 is 10.5 Å². The maximum atomic E-state index is 11.8. The van der Waals surface area contributed by atoms with Gasteiger partial charge in [0.25, 0.3) is 0 Å². The fourth-order valence-electron chi connectivity index (χ4n) is 1.86. The summed E-state index contributed by atoms with van der Waals surface area (Å²) >= 11 is 0. The molecule has 1 fully saturated rings. The Bertz CT molecular complexity index is 334. The van der Waals surface area contributed by atoms with Crippen LogP contribution in [0.5, 0.6) is 0 Å². The van der Waals surface area contributed by atoms with Gasteiger partial charge in [-0.15, -0.1) is 0 Å². The molecule has 0 spiro atoms. The van der Waals surface area contributed by atoms with E-state index in [1.165, 1.54) is 0 Å². The van der Waals surface area contributed by atoms with Crippen molar-refractivity contribution < 1.29 is 13.6 Å². The zero-order valence-corrected chi connectivity index (χ0v) is 10.0. The Morgan fingerprint density at radius 2 is 2.00 bits per heavy atom. The van der Waals surface area contributed by atoms with Crippen LogP contribution in [0.25, 0.3) is 0 Å². The molecule has 1 saturated carbocycles. The molecule has 1 rings (SSSR count). The summed E-state index contributed by atoms with van der Waals surface area (Å²) in [5.41, 5.74) is 5.25. The van der Waals surface area contributed by atoms with Crippen LogP contribution in [0.1, 0.15) is 38.5 Å². The van der Waals surface area contributed by atoms with E-state index in [1.54, 1.807) is 0 Å².